The Morgan fingerprint density at radius 2 is 2.21 bits per heavy atom. The Kier molecular flexibility index (Phi) is 7.60. The lowest BCUT2D eigenvalue weighted by atomic mass is 10.1. The van der Waals surface area contributed by atoms with Gasteiger partial charge in [-0.3, -0.25) is 4.68 Å². The Balaban J connectivity index is 2.57. The predicted octanol–water partition coefficient (Wildman–Crippen LogP) is 1.37. The molecule has 0 fully saturated rings. The van der Waals surface area contributed by atoms with Crippen LogP contribution in [0.25, 0.3) is 0 Å². The maximum Gasteiger partial charge on any atom is 0.0766 e. The fourth-order valence-corrected chi connectivity index (χ4v) is 2.68. The third kappa shape index (κ3) is 4.87. The number of hydrogen-bond donors (Lipinski definition) is 2. The Hall–Kier alpha value is -0.430. The Labute approximate surface area is 123 Å². The van der Waals surface area contributed by atoms with Crippen LogP contribution in [0.5, 0.6) is 0 Å². The second-order valence-corrected chi connectivity index (χ2v) is 5.22. The van der Waals surface area contributed by atoms with Crippen LogP contribution in [0.4, 0.5) is 0 Å². The Bertz CT molecular complexity index is 382. The van der Waals surface area contributed by atoms with Gasteiger partial charge in [-0.15, -0.1) is 0 Å². The van der Waals surface area contributed by atoms with Crippen molar-refractivity contribution in [2.24, 2.45) is 0 Å². The van der Waals surface area contributed by atoms with E-state index in [1.165, 1.54) is 0 Å². The Morgan fingerprint density at radius 3 is 2.79 bits per heavy atom. The van der Waals surface area contributed by atoms with Gasteiger partial charge in [-0.25, -0.2) is 0 Å². The average molecular weight is 334 g/mol. The molecule has 5 nitrogen and oxygen atoms in total. The van der Waals surface area contributed by atoms with Crippen LogP contribution in [0.15, 0.2) is 4.47 Å². The van der Waals surface area contributed by atoms with Gasteiger partial charge >= 0.3 is 0 Å². The number of hydrogen-bond acceptors (Lipinski definition) is 4. The SMILES string of the molecule is CCc1nn(CC)c(CC(O)CNCCOC)c1Br. The molecule has 0 bridgehead atoms. The third-order valence-electron chi connectivity index (χ3n) is 2.99. The topological polar surface area (TPSA) is 59.3 Å². The molecule has 1 aromatic heterocycles. The molecule has 0 amide bonds. The van der Waals surface area contributed by atoms with Crippen molar-refractivity contribution in [2.75, 3.05) is 26.8 Å². The summed E-state index contributed by atoms with van der Waals surface area (Å²) in [5, 5.41) is 17.8. The zero-order valence-electron chi connectivity index (χ0n) is 11.9. The van der Waals surface area contributed by atoms with Crippen LogP contribution >= 0.6 is 15.9 Å². The van der Waals surface area contributed by atoms with Gasteiger partial charge in [0.05, 0.1) is 28.6 Å². The first-order valence-electron chi connectivity index (χ1n) is 6.75. The van der Waals surface area contributed by atoms with E-state index in [0.717, 1.165) is 35.4 Å². The van der Waals surface area contributed by atoms with Crippen molar-refractivity contribution >= 4 is 15.9 Å². The molecule has 1 heterocycles. The van der Waals surface area contributed by atoms with Gasteiger partial charge in [-0.1, -0.05) is 6.92 Å². The number of halogens is 1. The van der Waals surface area contributed by atoms with Crippen LogP contribution in [0.3, 0.4) is 0 Å². The lowest BCUT2D eigenvalue weighted by molar-refractivity contribution is 0.157. The van der Waals surface area contributed by atoms with Gasteiger partial charge in [0, 0.05) is 33.2 Å². The molecular formula is C13H24BrN3O2. The predicted molar refractivity (Wildman–Crippen MR) is 79.4 cm³/mol. The zero-order chi connectivity index (χ0) is 14.3. The summed E-state index contributed by atoms with van der Waals surface area (Å²) in [6.07, 6.45) is 1.07. The molecule has 6 heteroatoms. The smallest absolute Gasteiger partial charge is 0.0766 e. The van der Waals surface area contributed by atoms with E-state index in [4.69, 9.17) is 4.74 Å². The number of rotatable bonds is 9. The van der Waals surface area contributed by atoms with Crippen LogP contribution in [0, 0.1) is 0 Å². The van der Waals surface area contributed by atoms with Crippen LogP contribution in [0.1, 0.15) is 25.2 Å². The molecule has 0 aromatic carbocycles. The van der Waals surface area contributed by atoms with E-state index in [1.54, 1.807) is 7.11 Å². The summed E-state index contributed by atoms with van der Waals surface area (Å²) < 4.78 is 7.94. The maximum atomic E-state index is 10.1. The molecule has 1 atom stereocenters. The van der Waals surface area contributed by atoms with Crippen molar-refractivity contribution in [3.8, 4) is 0 Å². The van der Waals surface area contributed by atoms with Gasteiger partial charge in [0.15, 0.2) is 0 Å². The monoisotopic (exact) mass is 333 g/mol. The van der Waals surface area contributed by atoms with Gasteiger partial charge in [0.1, 0.15) is 0 Å². The summed E-state index contributed by atoms with van der Waals surface area (Å²) >= 11 is 3.59. The molecule has 0 aliphatic heterocycles. The van der Waals surface area contributed by atoms with E-state index in [9.17, 15) is 5.11 Å². The summed E-state index contributed by atoms with van der Waals surface area (Å²) in [5.41, 5.74) is 2.12. The fourth-order valence-electron chi connectivity index (χ4n) is 1.95. The van der Waals surface area contributed by atoms with E-state index >= 15 is 0 Å². The second kappa shape index (κ2) is 8.68. The number of nitrogens with one attached hydrogen (secondary N) is 1. The molecule has 1 aromatic rings. The average Bonchev–Trinajstić information content (AvgIpc) is 2.71. The van der Waals surface area contributed by atoms with Crippen molar-refractivity contribution in [1.82, 2.24) is 15.1 Å². The minimum absolute atomic E-state index is 0.417. The molecule has 2 N–H and O–H groups in total. The third-order valence-corrected chi connectivity index (χ3v) is 3.90. The number of aromatic nitrogens is 2. The van der Waals surface area contributed by atoms with Crippen molar-refractivity contribution in [2.45, 2.75) is 39.3 Å². The van der Waals surface area contributed by atoms with Crippen molar-refractivity contribution in [1.29, 1.82) is 0 Å². The largest absolute Gasteiger partial charge is 0.391 e. The van der Waals surface area contributed by atoms with E-state index in [0.29, 0.717) is 19.6 Å². The van der Waals surface area contributed by atoms with Crippen LogP contribution < -0.4 is 5.32 Å². The number of aliphatic hydroxyl groups is 1. The van der Waals surface area contributed by atoms with E-state index in [-0.39, 0.29) is 0 Å². The fraction of sp³-hybridized carbons (Fsp3) is 0.769. The molecule has 0 spiro atoms. The summed E-state index contributed by atoms with van der Waals surface area (Å²) in [6.45, 7) is 6.93. The second-order valence-electron chi connectivity index (χ2n) is 4.43. The minimum atomic E-state index is -0.417. The molecule has 19 heavy (non-hydrogen) atoms. The number of aryl methyl sites for hydroxylation is 2. The molecule has 0 saturated heterocycles. The molecule has 1 unspecified atom stereocenters. The van der Waals surface area contributed by atoms with Crippen molar-refractivity contribution in [3.63, 3.8) is 0 Å². The van der Waals surface area contributed by atoms with Crippen LogP contribution in [0.2, 0.25) is 0 Å². The highest BCUT2D eigenvalue weighted by atomic mass is 79.9. The number of aliphatic hydroxyl groups excluding tert-OH is 1. The highest BCUT2D eigenvalue weighted by molar-refractivity contribution is 9.10. The number of nitrogens with zero attached hydrogens (tertiary/aromatic N) is 2. The number of ether oxygens (including phenoxy) is 1. The van der Waals surface area contributed by atoms with Crippen molar-refractivity contribution < 1.29 is 9.84 Å². The standard InChI is InChI=1S/C13H24BrN3O2/c1-4-11-13(14)12(17(5-2)16-11)8-10(18)9-15-6-7-19-3/h10,15,18H,4-9H2,1-3H3. The molecule has 0 aliphatic rings. The van der Waals surface area contributed by atoms with Crippen molar-refractivity contribution in [3.05, 3.63) is 15.9 Å². The quantitative estimate of drug-likeness (QED) is 0.670. The van der Waals surface area contributed by atoms with E-state index in [1.807, 2.05) is 4.68 Å². The molecule has 110 valence electrons. The first kappa shape index (κ1) is 16.6. The summed E-state index contributed by atoms with van der Waals surface area (Å²) in [4.78, 5) is 0. The van der Waals surface area contributed by atoms with Gasteiger partial charge < -0.3 is 15.2 Å². The maximum absolute atomic E-state index is 10.1. The molecular weight excluding hydrogens is 310 g/mol. The van der Waals surface area contributed by atoms with Crippen LogP contribution in [-0.2, 0) is 24.1 Å². The highest BCUT2D eigenvalue weighted by Crippen LogP contribution is 2.23. The van der Waals surface area contributed by atoms with Gasteiger partial charge in [0.2, 0.25) is 0 Å². The first-order valence-corrected chi connectivity index (χ1v) is 7.55. The summed E-state index contributed by atoms with van der Waals surface area (Å²) in [7, 11) is 1.67. The van der Waals surface area contributed by atoms with Gasteiger partial charge in [-0.05, 0) is 29.3 Å². The number of methoxy groups -OCH3 is 1. The van der Waals surface area contributed by atoms with E-state index < -0.39 is 6.10 Å². The lowest BCUT2D eigenvalue weighted by Gasteiger charge is -2.13. The molecule has 1 rings (SSSR count). The Morgan fingerprint density at radius 1 is 1.47 bits per heavy atom. The normalized spacial score (nSPS) is 12.9. The molecule has 0 aliphatic carbocycles. The van der Waals surface area contributed by atoms with E-state index in [2.05, 4.69) is 40.2 Å². The molecule has 0 saturated carbocycles. The minimum Gasteiger partial charge on any atom is -0.391 e. The first-order chi connectivity index (χ1) is 9.13. The molecule has 0 radical (unpaired) electrons. The van der Waals surface area contributed by atoms with Crippen LogP contribution in [-0.4, -0.2) is 47.8 Å². The van der Waals surface area contributed by atoms with Gasteiger partial charge in [-0.2, -0.15) is 5.10 Å². The lowest BCUT2D eigenvalue weighted by Crippen LogP contribution is -2.31. The summed E-state index contributed by atoms with van der Waals surface area (Å²) in [5.74, 6) is 0. The highest BCUT2D eigenvalue weighted by Gasteiger charge is 2.16. The zero-order valence-corrected chi connectivity index (χ0v) is 13.5. The van der Waals surface area contributed by atoms with Gasteiger partial charge in [0.25, 0.3) is 0 Å². The summed E-state index contributed by atoms with van der Waals surface area (Å²) in [6, 6.07) is 0.